The maximum absolute atomic E-state index is 4.77. The van der Waals surface area contributed by atoms with E-state index in [0.29, 0.717) is 0 Å². The molecule has 0 bridgehead atoms. The summed E-state index contributed by atoms with van der Waals surface area (Å²) in [5, 5.41) is 9.79. The van der Waals surface area contributed by atoms with Crippen LogP contribution in [0.5, 0.6) is 0 Å². The largest absolute Gasteiger partial charge is 0.309 e. The summed E-state index contributed by atoms with van der Waals surface area (Å²) >= 11 is 1.88. The molecule has 0 saturated heterocycles. The Hall–Kier alpha value is -6.17. The summed E-state index contributed by atoms with van der Waals surface area (Å²) in [5.74, 6) is 0. The molecule has 226 valence electrons. The summed E-state index contributed by atoms with van der Waals surface area (Å²) in [6.45, 7) is 7.95. The minimum atomic E-state index is 0.835. The van der Waals surface area contributed by atoms with E-state index < -0.39 is 0 Å². The van der Waals surface area contributed by atoms with E-state index in [2.05, 4.69) is 156 Å². The molecule has 10 aromatic rings. The highest BCUT2D eigenvalue weighted by atomic mass is 32.1. The van der Waals surface area contributed by atoms with Gasteiger partial charge in [0.1, 0.15) is 0 Å². The highest BCUT2D eigenvalue weighted by Crippen LogP contribution is 2.45. The standard InChI is InChI=1S/C43H28N4S/c1-3-31-36(4-2)44-45-26-28(21-22-37(31)45)27-13-12-16-30(23-27)47-40-24-34-32-17-8-10-19-38(32)46(29-14-6-5-7-15-29)39(34)25-35(40)43-42(47)33-18-9-11-20-41(33)48-43/h3-26H,1-2H2. The molecular formula is C43H28N4S. The molecule has 5 aromatic carbocycles. The molecule has 5 heteroatoms. The Morgan fingerprint density at radius 1 is 0.542 bits per heavy atom. The molecule has 10 rings (SSSR count). The van der Waals surface area contributed by atoms with E-state index in [1.165, 1.54) is 53.0 Å². The van der Waals surface area contributed by atoms with Gasteiger partial charge in [0, 0.05) is 54.9 Å². The fraction of sp³-hybridized carbons (Fsp3) is 0. The maximum Gasteiger partial charge on any atom is 0.0927 e. The lowest BCUT2D eigenvalue weighted by atomic mass is 10.1. The number of hydrogen-bond acceptors (Lipinski definition) is 2. The van der Waals surface area contributed by atoms with Gasteiger partial charge in [-0.1, -0.05) is 92.0 Å². The minimum Gasteiger partial charge on any atom is -0.309 e. The number of rotatable bonds is 5. The van der Waals surface area contributed by atoms with E-state index in [-0.39, 0.29) is 0 Å². The first-order chi connectivity index (χ1) is 23.7. The van der Waals surface area contributed by atoms with Crippen LogP contribution < -0.4 is 0 Å². The van der Waals surface area contributed by atoms with Gasteiger partial charge in [-0.2, -0.15) is 5.10 Å². The van der Waals surface area contributed by atoms with Crippen LogP contribution in [0.3, 0.4) is 0 Å². The molecular weight excluding hydrogens is 605 g/mol. The van der Waals surface area contributed by atoms with Gasteiger partial charge in [-0.25, -0.2) is 4.52 Å². The molecule has 0 radical (unpaired) electrons. The van der Waals surface area contributed by atoms with Crippen molar-refractivity contribution >= 4 is 82.0 Å². The zero-order chi connectivity index (χ0) is 31.9. The van der Waals surface area contributed by atoms with Gasteiger partial charge in [-0.15, -0.1) is 11.3 Å². The molecule has 0 unspecified atom stereocenters. The molecule has 0 aliphatic carbocycles. The average Bonchev–Trinajstić information content (AvgIpc) is 3.87. The smallest absolute Gasteiger partial charge is 0.0927 e. The monoisotopic (exact) mass is 632 g/mol. The minimum absolute atomic E-state index is 0.835. The Labute approximate surface area is 280 Å². The Morgan fingerprint density at radius 3 is 2.15 bits per heavy atom. The van der Waals surface area contributed by atoms with Crippen molar-refractivity contribution in [2.75, 3.05) is 0 Å². The van der Waals surface area contributed by atoms with Crippen LogP contribution in [0.15, 0.2) is 147 Å². The van der Waals surface area contributed by atoms with Crippen LogP contribution >= 0.6 is 11.3 Å². The summed E-state index contributed by atoms with van der Waals surface area (Å²) in [7, 11) is 0. The van der Waals surface area contributed by atoms with Crippen LogP contribution in [-0.2, 0) is 0 Å². The third-order valence-electron chi connectivity index (χ3n) is 9.61. The SMILES string of the molecule is C=Cc1nn2cc(-c3cccc(-n4c5cc6c7ccccc7n(-c7ccccc7)c6cc5c5sc6ccccc6c54)c3)ccc2c1C=C. The van der Waals surface area contributed by atoms with Crippen LogP contribution in [0.2, 0.25) is 0 Å². The number of pyridine rings is 1. The summed E-state index contributed by atoms with van der Waals surface area (Å²) in [4.78, 5) is 0. The van der Waals surface area contributed by atoms with Crippen LogP contribution in [0, 0.1) is 0 Å². The topological polar surface area (TPSA) is 27.2 Å². The predicted molar refractivity (Wildman–Crippen MR) is 205 cm³/mol. The average molecular weight is 633 g/mol. The molecule has 0 spiro atoms. The number of hydrogen-bond donors (Lipinski definition) is 0. The molecule has 0 amide bonds. The molecule has 0 aliphatic heterocycles. The van der Waals surface area contributed by atoms with Gasteiger partial charge in [0.05, 0.1) is 38.0 Å². The number of aromatic nitrogens is 4. The number of fused-ring (bicyclic) bond motifs is 9. The Balaban J connectivity index is 1.27. The second-order valence-electron chi connectivity index (χ2n) is 12.2. The van der Waals surface area contributed by atoms with Crippen LogP contribution in [0.4, 0.5) is 0 Å². The normalized spacial score (nSPS) is 11.9. The molecule has 48 heavy (non-hydrogen) atoms. The van der Waals surface area contributed by atoms with Crippen LogP contribution in [0.25, 0.3) is 93.2 Å². The van der Waals surface area contributed by atoms with Crippen molar-refractivity contribution in [3.05, 3.63) is 158 Å². The number of thiophene rings is 1. The number of para-hydroxylation sites is 2. The van der Waals surface area contributed by atoms with Crippen LogP contribution in [-0.4, -0.2) is 18.7 Å². The third-order valence-corrected chi connectivity index (χ3v) is 10.8. The second-order valence-corrected chi connectivity index (χ2v) is 13.2. The molecule has 4 nitrogen and oxygen atoms in total. The van der Waals surface area contributed by atoms with Gasteiger partial charge in [-0.05, 0) is 66.2 Å². The van der Waals surface area contributed by atoms with E-state index in [1.807, 2.05) is 21.9 Å². The second kappa shape index (κ2) is 10.2. The number of nitrogens with zero attached hydrogens (tertiary/aromatic N) is 4. The summed E-state index contributed by atoms with van der Waals surface area (Å²) in [5.41, 5.74) is 12.2. The molecule has 0 N–H and O–H groups in total. The molecule has 0 saturated carbocycles. The van der Waals surface area contributed by atoms with Gasteiger partial charge in [-0.3, -0.25) is 0 Å². The zero-order valence-electron chi connectivity index (χ0n) is 26.0. The molecule has 0 aliphatic rings. The fourth-order valence-electron chi connectivity index (χ4n) is 7.49. The van der Waals surface area contributed by atoms with E-state index in [9.17, 15) is 0 Å². The summed E-state index contributed by atoms with van der Waals surface area (Å²) < 4.78 is 9.40. The Bertz CT molecular complexity index is 2930. The predicted octanol–water partition coefficient (Wildman–Crippen LogP) is 11.7. The highest BCUT2D eigenvalue weighted by Gasteiger charge is 2.21. The van der Waals surface area contributed by atoms with Gasteiger partial charge >= 0.3 is 0 Å². The summed E-state index contributed by atoms with van der Waals surface area (Å²) in [6.07, 6.45) is 5.73. The Morgan fingerprint density at radius 2 is 1.29 bits per heavy atom. The van der Waals surface area contributed by atoms with Gasteiger partial charge < -0.3 is 9.13 Å². The van der Waals surface area contributed by atoms with Crippen molar-refractivity contribution in [1.29, 1.82) is 0 Å². The lowest BCUT2D eigenvalue weighted by Crippen LogP contribution is -1.96. The van der Waals surface area contributed by atoms with E-state index >= 15 is 0 Å². The highest BCUT2D eigenvalue weighted by molar-refractivity contribution is 7.26. The fourth-order valence-corrected chi connectivity index (χ4v) is 8.71. The first-order valence-corrected chi connectivity index (χ1v) is 16.9. The summed E-state index contributed by atoms with van der Waals surface area (Å²) in [6, 6.07) is 46.2. The maximum atomic E-state index is 4.77. The van der Waals surface area contributed by atoms with Crippen LogP contribution in [0.1, 0.15) is 11.3 Å². The van der Waals surface area contributed by atoms with Crippen molar-refractivity contribution in [1.82, 2.24) is 18.7 Å². The van der Waals surface area contributed by atoms with E-state index in [4.69, 9.17) is 5.10 Å². The van der Waals surface area contributed by atoms with Crippen molar-refractivity contribution in [2.24, 2.45) is 0 Å². The van der Waals surface area contributed by atoms with Crippen molar-refractivity contribution in [3.63, 3.8) is 0 Å². The first-order valence-electron chi connectivity index (χ1n) is 16.0. The van der Waals surface area contributed by atoms with Crippen molar-refractivity contribution < 1.29 is 0 Å². The van der Waals surface area contributed by atoms with E-state index in [0.717, 1.165) is 39.3 Å². The lowest BCUT2D eigenvalue weighted by molar-refractivity contribution is 0.956. The third kappa shape index (κ3) is 3.73. The molecule has 5 heterocycles. The number of benzene rings is 5. The van der Waals surface area contributed by atoms with Crippen molar-refractivity contribution in [3.8, 4) is 22.5 Å². The van der Waals surface area contributed by atoms with Gasteiger partial charge in [0.2, 0.25) is 0 Å². The molecule has 5 aromatic heterocycles. The first kappa shape index (κ1) is 27.0. The Kier molecular flexibility index (Phi) is 5.72. The molecule has 0 atom stereocenters. The lowest BCUT2D eigenvalue weighted by Gasteiger charge is -2.11. The van der Waals surface area contributed by atoms with Gasteiger partial charge in [0.15, 0.2) is 0 Å². The van der Waals surface area contributed by atoms with Gasteiger partial charge in [0.25, 0.3) is 0 Å². The van der Waals surface area contributed by atoms with Crippen molar-refractivity contribution in [2.45, 2.75) is 0 Å². The quantitative estimate of drug-likeness (QED) is 0.185. The zero-order valence-corrected chi connectivity index (χ0v) is 26.8. The molecule has 0 fully saturated rings. The van der Waals surface area contributed by atoms with E-state index in [1.54, 1.807) is 6.08 Å².